The van der Waals surface area contributed by atoms with E-state index >= 15 is 0 Å². The maximum absolute atomic E-state index is 13.5. The number of nitrogens with one attached hydrogen (secondary N) is 1. The van der Waals surface area contributed by atoms with Crippen LogP contribution in [0.5, 0.6) is 0 Å². The fraction of sp³-hybridized carbons (Fsp3) is 0.640. The number of aromatic nitrogens is 1. The van der Waals surface area contributed by atoms with Crippen molar-refractivity contribution >= 4 is 17.4 Å². The van der Waals surface area contributed by atoms with Crippen molar-refractivity contribution in [2.24, 2.45) is 11.8 Å². The third kappa shape index (κ3) is 3.41. The highest BCUT2D eigenvalue weighted by molar-refractivity contribution is 5.84. The predicted octanol–water partition coefficient (Wildman–Crippen LogP) is 2.37. The third-order valence-corrected chi connectivity index (χ3v) is 8.05. The molecule has 1 aromatic heterocycles. The number of fused-ring (bicyclic) bond motifs is 4. The van der Waals surface area contributed by atoms with E-state index in [-0.39, 0.29) is 42.0 Å². The van der Waals surface area contributed by atoms with Gasteiger partial charge >= 0.3 is 0 Å². The first-order valence-corrected chi connectivity index (χ1v) is 12.1. The van der Waals surface area contributed by atoms with E-state index in [4.69, 9.17) is 0 Å². The lowest BCUT2D eigenvalue weighted by Gasteiger charge is -2.38. The second kappa shape index (κ2) is 8.50. The number of rotatable bonds is 4. The van der Waals surface area contributed by atoms with Gasteiger partial charge in [-0.1, -0.05) is 25.3 Å². The predicted molar refractivity (Wildman–Crippen MR) is 121 cm³/mol. The van der Waals surface area contributed by atoms with E-state index in [1.54, 1.807) is 9.47 Å². The summed E-state index contributed by atoms with van der Waals surface area (Å²) >= 11 is 0. The smallest absolute Gasteiger partial charge is 0.258 e. The number of pyridine rings is 1. The molecule has 0 spiro atoms. The number of amides is 2. The highest BCUT2D eigenvalue weighted by atomic mass is 16.3. The first-order chi connectivity index (χ1) is 15.5. The fourth-order valence-corrected chi connectivity index (χ4v) is 6.54. The van der Waals surface area contributed by atoms with Crippen LogP contribution in [-0.4, -0.2) is 45.1 Å². The Balaban J connectivity index is 1.54. The Labute approximate surface area is 188 Å². The highest BCUT2D eigenvalue weighted by Crippen LogP contribution is 2.48. The zero-order chi connectivity index (χ0) is 22.4. The van der Waals surface area contributed by atoms with Gasteiger partial charge in [0, 0.05) is 43.3 Å². The van der Waals surface area contributed by atoms with Gasteiger partial charge in [-0.3, -0.25) is 14.4 Å². The van der Waals surface area contributed by atoms with Gasteiger partial charge in [0.1, 0.15) is 0 Å². The number of hydrogen-bond acceptors (Lipinski definition) is 4. The van der Waals surface area contributed by atoms with Crippen LogP contribution in [0.3, 0.4) is 0 Å². The van der Waals surface area contributed by atoms with Crippen molar-refractivity contribution in [3.63, 3.8) is 0 Å². The molecule has 0 unspecified atom stereocenters. The van der Waals surface area contributed by atoms with Crippen LogP contribution < -0.4 is 10.9 Å². The minimum atomic E-state index is -0.555. The van der Waals surface area contributed by atoms with Crippen molar-refractivity contribution in [1.29, 1.82) is 0 Å². The third-order valence-electron chi connectivity index (χ3n) is 8.05. The van der Waals surface area contributed by atoms with E-state index in [0.717, 1.165) is 56.1 Å². The first kappa shape index (κ1) is 21.4. The molecule has 7 heteroatoms. The van der Waals surface area contributed by atoms with Gasteiger partial charge in [-0.2, -0.15) is 0 Å². The molecule has 2 aliphatic carbocycles. The summed E-state index contributed by atoms with van der Waals surface area (Å²) in [5.74, 6) is -1.16. The van der Waals surface area contributed by atoms with Gasteiger partial charge in [0.2, 0.25) is 11.8 Å². The van der Waals surface area contributed by atoms with E-state index in [2.05, 4.69) is 11.4 Å². The molecule has 4 atom stereocenters. The summed E-state index contributed by atoms with van der Waals surface area (Å²) in [4.78, 5) is 41.4. The first-order valence-electron chi connectivity index (χ1n) is 12.1. The van der Waals surface area contributed by atoms with E-state index in [9.17, 15) is 19.5 Å². The van der Waals surface area contributed by atoms with E-state index in [0.29, 0.717) is 12.2 Å². The maximum Gasteiger partial charge on any atom is 0.258 e. The van der Waals surface area contributed by atoms with Crippen LogP contribution in [0.15, 0.2) is 23.0 Å². The standard InChI is InChI=1S/C25H33N3O4/c1-15(30)28-21-13-27-20(12-11-18(25(27)32)16-7-5-6-8-16)23(28)22(19(21)14-29)24(31)26-17-9-3-2-4-10-17/h7,11-12,17,19,21-23,29H,2-6,8-10,13-14H2,1H3,(H,26,31)/t19-,21-,22+,23+/m1/s1. The summed E-state index contributed by atoms with van der Waals surface area (Å²) in [7, 11) is 0. The lowest BCUT2D eigenvalue weighted by atomic mass is 9.85. The summed E-state index contributed by atoms with van der Waals surface area (Å²) in [5.41, 5.74) is 2.49. The van der Waals surface area contributed by atoms with Crippen molar-refractivity contribution in [3.8, 4) is 0 Å². The Morgan fingerprint density at radius 1 is 1.16 bits per heavy atom. The van der Waals surface area contributed by atoms with E-state index in [1.807, 2.05) is 12.1 Å². The molecule has 32 heavy (non-hydrogen) atoms. The number of carbonyl (C=O) groups excluding carboxylic acids is 2. The molecule has 3 heterocycles. The average molecular weight is 440 g/mol. The van der Waals surface area contributed by atoms with E-state index in [1.165, 1.54) is 13.3 Å². The molecular formula is C25H33N3O4. The molecule has 2 N–H and O–H groups in total. The van der Waals surface area contributed by atoms with Crippen LogP contribution in [0.4, 0.5) is 0 Å². The molecule has 1 aromatic rings. The SMILES string of the molecule is CC(=O)N1[C@@H]2Cn3c(ccc(C4=CCCC4)c3=O)[C@H]1[C@@H](C(=O)NC1CCCCC1)[C@@H]2CO. The number of aliphatic hydroxyl groups excluding tert-OH is 1. The van der Waals surface area contributed by atoms with Gasteiger partial charge in [0.05, 0.1) is 18.0 Å². The monoisotopic (exact) mass is 439 g/mol. The van der Waals surface area contributed by atoms with Crippen molar-refractivity contribution in [2.75, 3.05) is 6.61 Å². The quantitative estimate of drug-likeness (QED) is 0.754. The summed E-state index contributed by atoms with van der Waals surface area (Å²) < 4.78 is 1.76. The van der Waals surface area contributed by atoms with Gasteiger partial charge in [0.15, 0.2) is 0 Å². The summed E-state index contributed by atoms with van der Waals surface area (Å²) in [5, 5.41) is 13.5. The normalized spacial score (nSPS) is 29.6. The van der Waals surface area contributed by atoms with Crippen molar-refractivity contribution in [2.45, 2.75) is 83.0 Å². The minimum absolute atomic E-state index is 0.0427. The van der Waals surface area contributed by atoms with E-state index < -0.39 is 12.0 Å². The van der Waals surface area contributed by atoms with Crippen LogP contribution in [0.2, 0.25) is 0 Å². The van der Waals surface area contributed by atoms with Gasteiger partial charge < -0.3 is 19.9 Å². The lowest BCUT2D eigenvalue weighted by molar-refractivity contribution is -0.134. The van der Waals surface area contributed by atoms with Crippen molar-refractivity contribution in [3.05, 3.63) is 39.8 Å². The van der Waals surface area contributed by atoms with Crippen LogP contribution in [0.25, 0.3) is 5.57 Å². The van der Waals surface area contributed by atoms with Crippen molar-refractivity contribution in [1.82, 2.24) is 14.8 Å². The van der Waals surface area contributed by atoms with Crippen LogP contribution >= 0.6 is 0 Å². The molecular weight excluding hydrogens is 406 g/mol. The molecule has 2 aliphatic heterocycles. The molecule has 172 valence electrons. The number of carbonyl (C=O) groups is 2. The van der Waals surface area contributed by atoms with Crippen LogP contribution in [-0.2, 0) is 16.1 Å². The molecule has 7 nitrogen and oxygen atoms in total. The summed E-state index contributed by atoms with van der Waals surface area (Å²) in [6, 6.07) is 3.06. The highest BCUT2D eigenvalue weighted by Gasteiger charge is 2.57. The molecule has 0 radical (unpaired) electrons. The topological polar surface area (TPSA) is 91.6 Å². The second-order valence-corrected chi connectivity index (χ2v) is 9.86. The zero-order valence-corrected chi connectivity index (χ0v) is 18.8. The Morgan fingerprint density at radius 3 is 2.59 bits per heavy atom. The van der Waals surface area contributed by atoms with Gasteiger partial charge in [-0.05, 0) is 49.8 Å². The van der Waals surface area contributed by atoms with Crippen LogP contribution in [0, 0.1) is 11.8 Å². The largest absolute Gasteiger partial charge is 0.396 e. The Hall–Kier alpha value is -2.41. The maximum atomic E-state index is 13.5. The Morgan fingerprint density at radius 2 is 1.94 bits per heavy atom. The summed E-state index contributed by atoms with van der Waals surface area (Å²) in [6.45, 7) is 1.65. The number of aliphatic hydroxyl groups is 1. The number of allylic oxidation sites excluding steroid dienone is 2. The fourth-order valence-electron chi connectivity index (χ4n) is 6.54. The molecule has 5 rings (SSSR count). The molecule has 0 aromatic carbocycles. The minimum Gasteiger partial charge on any atom is -0.396 e. The number of nitrogens with zero attached hydrogens (tertiary/aromatic N) is 2. The van der Waals surface area contributed by atoms with Crippen molar-refractivity contribution < 1.29 is 14.7 Å². The molecule has 1 saturated carbocycles. The number of hydrogen-bond donors (Lipinski definition) is 2. The summed E-state index contributed by atoms with van der Waals surface area (Å²) in [6.07, 6.45) is 10.5. The molecule has 4 aliphatic rings. The molecule has 1 saturated heterocycles. The molecule has 2 bridgehead atoms. The van der Waals surface area contributed by atoms with Gasteiger partial charge in [-0.25, -0.2) is 0 Å². The molecule has 2 amide bonds. The van der Waals surface area contributed by atoms with Crippen LogP contribution in [0.1, 0.15) is 75.6 Å². The van der Waals surface area contributed by atoms with Gasteiger partial charge in [0.25, 0.3) is 5.56 Å². The Kier molecular flexibility index (Phi) is 5.70. The Bertz CT molecular complexity index is 1010. The molecule has 2 fully saturated rings. The average Bonchev–Trinajstić information content (AvgIpc) is 3.39. The zero-order valence-electron chi connectivity index (χ0n) is 18.8. The lowest BCUT2D eigenvalue weighted by Crippen LogP contribution is -2.48. The van der Waals surface area contributed by atoms with Gasteiger partial charge in [-0.15, -0.1) is 0 Å². The second-order valence-electron chi connectivity index (χ2n) is 9.86.